The lowest BCUT2D eigenvalue weighted by Gasteiger charge is -2.29. The molecule has 2 heterocycles. The smallest absolute Gasteiger partial charge is 0.232 e. The maximum Gasteiger partial charge on any atom is 0.232 e. The van der Waals surface area contributed by atoms with Crippen molar-refractivity contribution in [3.63, 3.8) is 0 Å². The third-order valence-corrected chi connectivity index (χ3v) is 4.35. The van der Waals surface area contributed by atoms with Gasteiger partial charge in [-0.2, -0.15) is 0 Å². The molecule has 7 heteroatoms. The Balaban J connectivity index is 1.60. The molecule has 0 spiro atoms. The van der Waals surface area contributed by atoms with E-state index < -0.39 is 12.2 Å². The lowest BCUT2D eigenvalue weighted by atomic mass is 9.86. The molecule has 0 bridgehead atoms. The van der Waals surface area contributed by atoms with Gasteiger partial charge in [0.2, 0.25) is 5.88 Å². The average molecular weight is 330 g/mol. The summed E-state index contributed by atoms with van der Waals surface area (Å²) in [5.41, 5.74) is 0.736. The number of hydrogen-bond acceptors (Lipinski definition) is 7. The highest BCUT2D eigenvalue weighted by molar-refractivity contribution is 5.08. The average Bonchev–Trinajstić information content (AvgIpc) is 2.90. The van der Waals surface area contributed by atoms with E-state index >= 15 is 0 Å². The van der Waals surface area contributed by atoms with Gasteiger partial charge < -0.3 is 20.3 Å². The molecule has 2 aromatic rings. The summed E-state index contributed by atoms with van der Waals surface area (Å²) in [6.07, 6.45) is 7.77. The molecular formula is C17H22N4O3. The fourth-order valence-electron chi connectivity index (χ4n) is 3.12. The SMILES string of the molecule is OC1CC(CNCc2cccnc2)(COc2cnccn2)CC1O. The summed E-state index contributed by atoms with van der Waals surface area (Å²) >= 11 is 0. The van der Waals surface area contributed by atoms with Crippen LogP contribution in [0.5, 0.6) is 5.88 Å². The second-order valence-corrected chi connectivity index (χ2v) is 6.34. The molecule has 0 aliphatic heterocycles. The third kappa shape index (κ3) is 4.25. The number of aliphatic hydroxyl groups is 2. The van der Waals surface area contributed by atoms with Gasteiger partial charge in [-0.25, -0.2) is 4.98 Å². The molecule has 2 aromatic heterocycles. The van der Waals surface area contributed by atoms with Gasteiger partial charge >= 0.3 is 0 Å². The number of aliphatic hydroxyl groups excluding tert-OH is 2. The van der Waals surface area contributed by atoms with Gasteiger partial charge in [-0.05, 0) is 24.5 Å². The third-order valence-electron chi connectivity index (χ3n) is 4.35. The molecule has 24 heavy (non-hydrogen) atoms. The van der Waals surface area contributed by atoms with E-state index in [2.05, 4.69) is 20.3 Å². The minimum atomic E-state index is -0.726. The van der Waals surface area contributed by atoms with Crippen molar-refractivity contribution < 1.29 is 14.9 Å². The second kappa shape index (κ2) is 7.65. The molecule has 7 nitrogen and oxygen atoms in total. The number of nitrogens with zero attached hydrogens (tertiary/aromatic N) is 3. The van der Waals surface area contributed by atoms with Gasteiger partial charge in [-0.1, -0.05) is 6.07 Å². The van der Waals surface area contributed by atoms with Crippen molar-refractivity contribution in [2.75, 3.05) is 13.2 Å². The van der Waals surface area contributed by atoms with Crippen molar-refractivity contribution in [3.05, 3.63) is 48.7 Å². The highest BCUT2D eigenvalue weighted by Crippen LogP contribution is 2.38. The van der Waals surface area contributed by atoms with E-state index in [1.807, 2.05) is 18.3 Å². The van der Waals surface area contributed by atoms with Crippen LogP contribution >= 0.6 is 0 Å². The first-order valence-corrected chi connectivity index (χ1v) is 8.01. The van der Waals surface area contributed by atoms with Crippen LogP contribution in [0.25, 0.3) is 0 Å². The van der Waals surface area contributed by atoms with Gasteiger partial charge in [-0.3, -0.25) is 9.97 Å². The molecule has 128 valence electrons. The predicted molar refractivity (Wildman–Crippen MR) is 87.2 cm³/mol. The van der Waals surface area contributed by atoms with Crippen molar-refractivity contribution in [2.45, 2.75) is 31.6 Å². The van der Waals surface area contributed by atoms with Crippen LogP contribution in [0.15, 0.2) is 43.1 Å². The lowest BCUT2D eigenvalue weighted by Crippen LogP contribution is -2.38. The van der Waals surface area contributed by atoms with E-state index in [1.165, 1.54) is 0 Å². The molecule has 2 atom stereocenters. The van der Waals surface area contributed by atoms with E-state index in [-0.39, 0.29) is 5.41 Å². The van der Waals surface area contributed by atoms with Crippen LogP contribution in [0.4, 0.5) is 0 Å². The van der Waals surface area contributed by atoms with Gasteiger partial charge in [0.1, 0.15) is 0 Å². The minimum absolute atomic E-state index is 0.349. The Hall–Kier alpha value is -2.09. The number of ether oxygens (including phenoxy) is 1. The van der Waals surface area contributed by atoms with Crippen LogP contribution in [0.2, 0.25) is 0 Å². The predicted octanol–water partition coefficient (Wildman–Crippen LogP) is 0.542. The van der Waals surface area contributed by atoms with Crippen molar-refractivity contribution in [1.29, 1.82) is 0 Å². The summed E-state index contributed by atoms with van der Waals surface area (Å²) in [4.78, 5) is 12.2. The van der Waals surface area contributed by atoms with E-state index in [0.717, 1.165) is 5.56 Å². The van der Waals surface area contributed by atoms with Crippen molar-refractivity contribution in [1.82, 2.24) is 20.3 Å². The van der Waals surface area contributed by atoms with Crippen LogP contribution in [0.1, 0.15) is 18.4 Å². The number of hydrogen-bond donors (Lipinski definition) is 3. The van der Waals surface area contributed by atoms with Crippen LogP contribution in [0.3, 0.4) is 0 Å². The van der Waals surface area contributed by atoms with E-state index in [0.29, 0.717) is 38.4 Å². The van der Waals surface area contributed by atoms with Gasteiger partial charge in [0.25, 0.3) is 0 Å². The number of rotatable bonds is 7. The molecule has 1 fully saturated rings. The molecule has 0 aromatic carbocycles. The topological polar surface area (TPSA) is 100 Å². The summed E-state index contributed by atoms with van der Waals surface area (Å²) < 4.78 is 5.74. The summed E-state index contributed by atoms with van der Waals surface area (Å²) in [7, 11) is 0. The Bertz CT molecular complexity index is 616. The molecule has 2 unspecified atom stereocenters. The Morgan fingerprint density at radius 1 is 1.12 bits per heavy atom. The maximum absolute atomic E-state index is 9.98. The van der Waals surface area contributed by atoms with Gasteiger partial charge in [-0.15, -0.1) is 0 Å². The second-order valence-electron chi connectivity index (χ2n) is 6.34. The molecule has 1 aliphatic carbocycles. The summed E-state index contributed by atoms with van der Waals surface area (Å²) in [5, 5.41) is 23.3. The number of nitrogens with one attached hydrogen (secondary N) is 1. The first-order chi connectivity index (χ1) is 11.7. The van der Waals surface area contributed by atoms with Crippen molar-refractivity contribution in [2.24, 2.45) is 5.41 Å². The zero-order valence-electron chi connectivity index (χ0n) is 13.4. The highest BCUT2D eigenvalue weighted by Gasteiger charge is 2.44. The molecule has 3 N–H and O–H groups in total. The van der Waals surface area contributed by atoms with E-state index in [9.17, 15) is 10.2 Å². The molecule has 1 aliphatic rings. The Labute approximate surface area is 140 Å². The number of aromatic nitrogens is 3. The van der Waals surface area contributed by atoms with E-state index in [1.54, 1.807) is 24.8 Å². The summed E-state index contributed by atoms with van der Waals surface area (Å²) in [5.74, 6) is 0.444. The minimum Gasteiger partial charge on any atom is -0.476 e. The summed E-state index contributed by atoms with van der Waals surface area (Å²) in [6.45, 7) is 1.66. The fourth-order valence-corrected chi connectivity index (χ4v) is 3.12. The summed E-state index contributed by atoms with van der Waals surface area (Å²) in [6, 6.07) is 3.90. The highest BCUT2D eigenvalue weighted by atomic mass is 16.5. The number of pyridine rings is 1. The van der Waals surface area contributed by atoms with Gasteiger partial charge in [0.15, 0.2) is 0 Å². The monoisotopic (exact) mass is 330 g/mol. The normalized spacial score (nSPS) is 26.4. The molecule has 1 saturated carbocycles. The van der Waals surface area contributed by atoms with Crippen molar-refractivity contribution in [3.8, 4) is 5.88 Å². The Morgan fingerprint density at radius 2 is 1.92 bits per heavy atom. The molecule has 0 amide bonds. The van der Waals surface area contributed by atoms with Gasteiger partial charge in [0, 0.05) is 43.3 Å². The standard InChI is InChI=1S/C17H22N4O3/c22-14-6-17(7-15(14)23,12-24-16-10-19-4-5-21-16)11-20-9-13-2-1-3-18-8-13/h1-5,8,10,14-15,20,22-23H,6-7,9,11-12H2. The first kappa shape index (κ1) is 16.8. The van der Waals surface area contributed by atoms with Crippen LogP contribution in [-0.4, -0.2) is 50.5 Å². The van der Waals surface area contributed by atoms with Gasteiger partial charge in [0.05, 0.1) is 25.0 Å². The van der Waals surface area contributed by atoms with Crippen molar-refractivity contribution >= 4 is 0 Å². The Kier molecular flexibility index (Phi) is 5.34. The molecule has 0 saturated heterocycles. The van der Waals surface area contributed by atoms with E-state index in [4.69, 9.17) is 4.74 Å². The molecule has 3 rings (SSSR count). The first-order valence-electron chi connectivity index (χ1n) is 8.01. The van der Waals surface area contributed by atoms with Crippen LogP contribution in [-0.2, 0) is 6.54 Å². The fraction of sp³-hybridized carbons (Fsp3) is 0.471. The van der Waals surface area contributed by atoms with Crippen LogP contribution in [0, 0.1) is 5.41 Å². The maximum atomic E-state index is 9.98. The van der Waals surface area contributed by atoms with Crippen LogP contribution < -0.4 is 10.1 Å². The molecular weight excluding hydrogens is 308 g/mol. The lowest BCUT2D eigenvalue weighted by molar-refractivity contribution is 0.0438. The largest absolute Gasteiger partial charge is 0.476 e. The quantitative estimate of drug-likeness (QED) is 0.681. The zero-order chi connectivity index (χ0) is 16.8. The zero-order valence-corrected chi connectivity index (χ0v) is 13.4. The molecule has 0 radical (unpaired) electrons. The Morgan fingerprint density at radius 3 is 2.58 bits per heavy atom.